The number of pyridine rings is 1. The number of nitrogens with two attached hydrogens (primary N) is 1. The molecule has 1 aromatic heterocycles. The first-order chi connectivity index (χ1) is 9.13. The Labute approximate surface area is 110 Å². The number of morpholine rings is 1. The number of aromatic nitrogens is 1. The van der Waals surface area contributed by atoms with Crippen LogP contribution in [0.4, 0.5) is 0 Å². The summed E-state index contributed by atoms with van der Waals surface area (Å²) >= 11 is 0. The van der Waals surface area contributed by atoms with Gasteiger partial charge in [0.1, 0.15) is 11.8 Å². The van der Waals surface area contributed by atoms with E-state index in [2.05, 4.69) is 10.1 Å². The molecule has 7 heteroatoms. The second-order valence-electron chi connectivity index (χ2n) is 4.30. The highest BCUT2D eigenvalue weighted by molar-refractivity contribution is 5.94. The highest BCUT2D eigenvalue weighted by Crippen LogP contribution is 2.12. The quantitative estimate of drug-likeness (QED) is 0.338. The zero-order valence-electron chi connectivity index (χ0n) is 10.6. The van der Waals surface area contributed by atoms with E-state index >= 15 is 0 Å². The van der Waals surface area contributed by atoms with Gasteiger partial charge in [0.05, 0.1) is 13.2 Å². The van der Waals surface area contributed by atoms with Crippen LogP contribution in [0.3, 0.4) is 0 Å². The number of rotatable bonds is 2. The van der Waals surface area contributed by atoms with Crippen molar-refractivity contribution in [2.24, 2.45) is 10.9 Å². The average Bonchev–Trinajstić information content (AvgIpc) is 2.46. The van der Waals surface area contributed by atoms with Gasteiger partial charge >= 0.3 is 0 Å². The molecule has 1 aromatic rings. The Kier molecular flexibility index (Phi) is 3.96. The van der Waals surface area contributed by atoms with Gasteiger partial charge in [-0.05, 0) is 18.6 Å². The van der Waals surface area contributed by atoms with Crippen molar-refractivity contribution in [3.8, 4) is 0 Å². The fourth-order valence-electron chi connectivity index (χ4n) is 1.94. The Morgan fingerprint density at radius 2 is 2.47 bits per heavy atom. The first-order valence-electron chi connectivity index (χ1n) is 5.93. The zero-order valence-corrected chi connectivity index (χ0v) is 10.6. The molecule has 1 atom stereocenters. The molecule has 1 fully saturated rings. The molecular formula is C12H16N4O3. The minimum absolute atomic E-state index is 0.0322. The molecule has 102 valence electrons. The van der Waals surface area contributed by atoms with E-state index in [-0.39, 0.29) is 18.3 Å². The number of oxime groups is 1. The molecule has 1 aliphatic rings. The molecule has 0 bridgehead atoms. The van der Waals surface area contributed by atoms with E-state index in [0.29, 0.717) is 18.8 Å². The van der Waals surface area contributed by atoms with Crippen molar-refractivity contribution in [2.45, 2.75) is 13.0 Å². The average molecular weight is 264 g/mol. The summed E-state index contributed by atoms with van der Waals surface area (Å²) in [6, 6.07) is 3.62. The van der Waals surface area contributed by atoms with E-state index in [0.717, 1.165) is 5.56 Å². The van der Waals surface area contributed by atoms with Gasteiger partial charge in [0, 0.05) is 12.7 Å². The molecule has 19 heavy (non-hydrogen) atoms. The van der Waals surface area contributed by atoms with Crippen molar-refractivity contribution in [3.05, 3.63) is 29.6 Å². The topological polar surface area (TPSA) is 101 Å². The van der Waals surface area contributed by atoms with Crippen LogP contribution < -0.4 is 5.73 Å². The highest BCUT2D eigenvalue weighted by Gasteiger charge is 2.28. The van der Waals surface area contributed by atoms with Crippen LogP contribution in [0.1, 0.15) is 16.1 Å². The number of amides is 1. The molecule has 2 rings (SSSR count). The third-order valence-corrected chi connectivity index (χ3v) is 3.01. The van der Waals surface area contributed by atoms with E-state index in [1.54, 1.807) is 17.2 Å². The number of nitrogens with zero attached hydrogens (tertiary/aromatic N) is 3. The monoisotopic (exact) mass is 264 g/mol. The number of hydrogen-bond acceptors (Lipinski definition) is 5. The van der Waals surface area contributed by atoms with Gasteiger partial charge in [-0.2, -0.15) is 0 Å². The molecule has 0 aromatic carbocycles. The summed E-state index contributed by atoms with van der Waals surface area (Å²) in [6.45, 7) is 2.90. The van der Waals surface area contributed by atoms with Crippen LogP contribution in [0.15, 0.2) is 23.5 Å². The van der Waals surface area contributed by atoms with Gasteiger partial charge in [-0.15, -0.1) is 0 Å². The predicted octanol–water partition coefficient (Wildman–Crippen LogP) is -0.0226. The van der Waals surface area contributed by atoms with Crippen molar-refractivity contribution in [3.63, 3.8) is 0 Å². The number of carbonyl (C=O) groups excluding carboxylic acids is 1. The van der Waals surface area contributed by atoms with Crippen molar-refractivity contribution in [1.82, 2.24) is 9.88 Å². The summed E-state index contributed by atoms with van der Waals surface area (Å²) in [5.41, 5.74) is 6.74. The molecule has 1 aliphatic heterocycles. The SMILES string of the molecule is Cc1cccnc1C(=O)N1CCOC(C(N)=NO)C1. The van der Waals surface area contributed by atoms with E-state index < -0.39 is 6.10 Å². The maximum Gasteiger partial charge on any atom is 0.272 e. The molecule has 1 amide bonds. The van der Waals surface area contributed by atoms with Crippen LogP contribution in [0.2, 0.25) is 0 Å². The second-order valence-corrected chi connectivity index (χ2v) is 4.30. The standard InChI is InChI=1S/C12H16N4O3/c1-8-3-2-4-14-10(8)12(17)16-5-6-19-9(7-16)11(13)15-18/h2-4,9,18H,5-7H2,1H3,(H2,13,15). The van der Waals surface area contributed by atoms with Gasteiger partial charge in [0.15, 0.2) is 5.84 Å². The largest absolute Gasteiger partial charge is 0.409 e. The molecule has 0 spiro atoms. The molecule has 1 saturated heterocycles. The first-order valence-corrected chi connectivity index (χ1v) is 5.93. The van der Waals surface area contributed by atoms with E-state index in [4.69, 9.17) is 15.7 Å². The van der Waals surface area contributed by atoms with Gasteiger partial charge < -0.3 is 20.6 Å². The summed E-state index contributed by atoms with van der Waals surface area (Å²) in [6.07, 6.45) is 1.01. The number of aryl methyl sites for hydroxylation is 1. The zero-order chi connectivity index (χ0) is 13.8. The van der Waals surface area contributed by atoms with Crippen LogP contribution >= 0.6 is 0 Å². The minimum Gasteiger partial charge on any atom is -0.409 e. The van der Waals surface area contributed by atoms with Crippen LogP contribution in [0.25, 0.3) is 0 Å². The molecular weight excluding hydrogens is 248 g/mol. The lowest BCUT2D eigenvalue weighted by atomic mass is 10.1. The summed E-state index contributed by atoms with van der Waals surface area (Å²) in [5, 5.41) is 11.6. The van der Waals surface area contributed by atoms with E-state index in [1.807, 2.05) is 13.0 Å². The Morgan fingerprint density at radius 1 is 1.68 bits per heavy atom. The molecule has 0 aliphatic carbocycles. The predicted molar refractivity (Wildman–Crippen MR) is 68.0 cm³/mol. The van der Waals surface area contributed by atoms with Gasteiger partial charge in [-0.3, -0.25) is 9.78 Å². The van der Waals surface area contributed by atoms with Crippen molar-refractivity contribution in [1.29, 1.82) is 0 Å². The number of ether oxygens (including phenoxy) is 1. The number of carbonyl (C=O) groups is 1. The van der Waals surface area contributed by atoms with Gasteiger partial charge in [0.25, 0.3) is 5.91 Å². The minimum atomic E-state index is -0.577. The molecule has 1 unspecified atom stereocenters. The molecule has 7 nitrogen and oxygen atoms in total. The lowest BCUT2D eigenvalue weighted by Crippen LogP contribution is -2.50. The molecule has 0 saturated carbocycles. The third-order valence-electron chi connectivity index (χ3n) is 3.01. The molecule has 0 radical (unpaired) electrons. The normalized spacial score (nSPS) is 20.4. The van der Waals surface area contributed by atoms with Crippen LogP contribution in [-0.4, -0.2) is 52.6 Å². The molecule has 3 N–H and O–H groups in total. The van der Waals surface area contributed by atoms with Crippen molar-refractivity contribution < 1.29 is 14.7 Å². The highest BCUT2D eigenvalue weighted by atomic mass is 16.5. The third kappa shape index (κ3) is 2.82. The van der Waals surface area contributed by atoms with Crippen molar-refractivity contribution >= 4 is 11.7 Å². The Bertz CT molecular complexity index is 504. The number of amidine groups is 1. The molecule has 2 heterocycles. The van der Waals surface area contributed by atoms with Crippen LogP contribution in [0, 0.1) is 6.92 Å². The fraction of sp³-hybridized carbons (Fsp3) is 0.417. The number of hydrogen-bond donors (Lipinski definition) is 2. The first kappa shape index (κ1) is 13.3. The van der Waals surface area contributed by atoms with Crippen LogP contribution in [0.5, 0.6) is 0 Å². The lowest BCUT2D eigenvalue weighted by Gasteiger charge is -2.32. The maximum absolute atomic E-state index is 12.3. The van der Waals surface area contributed by atoms with Gasteiger partial charge in [0.2, 0.25) is 0 Å². The van der Waals surface area contributed by atoms with Gasteiger partial charge in [-0.25, -0.2) is 0 Å². The Balaban J connectivity index is 2.14. The van der Waals surface area contributed by atoms with Gasteiger partial charge in [-0.1, -0.05) is 11.2 Å². The summed E-state index contributed by atoms with van der Waals surface area (Å²) < 4.78 is 5.35. The van der Waals surface area contributed by atoms with E-state index in [9.17, 15) is 4.79 Å². The lowest BCUT2D eigenvalue weighted by molar-refractivity contribution is 0.00644. The maximum atomic E-state index is 12.3. The summed E-state index contributed by atoms with van der Waals surface area (Å²) in [7, 11) is 0. The van der Waals surface area contributed by atoms with Crippen LogP contribution in [-0.2, 0) is 4.74 Å². The van der Waals surface area contributed by atoms with Crippen molar-refractivity contribution in [2.75, 3.05) is 19.7 Å². The summed E-state index contributed by atoms with van der Waals surface area (Å²) in [5.74, 6) is -0.201. The summed E-state index contributed by atoms with van der Waals surface area (Å²) in [4.78, 5) is 18.0. The second kappa shape index (κ2) is 5.66. The Hall–Kier alpha value is -2.15. The fourth-order valence-corrected chi connectivity index (χ4v) is 1.94. The van der Waals surface area contributed by atoms with E-state index in [1.165, 1.54) is 0 Å². The Morgan fingerprint density at radius 3 is 3.16 bits per heavy atom. The smallest absolute Gasteiger partial charge is 0.272 e.